The molecule has 4 heteroatoms. The van der Waals surface area contributed by atoms with Crippen molar-refractivity contribution in [3.63, 3.8) is 0 Å². The lowest BCUT2D eigenvalue weighted by molar-refractivity contribution is 0.0668. The monoisotopic (exact) mass is 397 g/mol. The summed E-state index contributed by atoms with van der Waals surface area (Å²) in [5.74, 6) is 0.907. The van der Waals surface area contributed by atoms with E-state index in [1.54, 1.807) is 0 Å². The number of nitrogens with zero attached hydrogens (tertiary/aromatic N) is 2. The molecule has 0 aliphatic carbocycles. The number of aliphatic hydroxyl groups excluding tert-OH is 1. The van der Waals surface area contributed by atoms with E-state index in [1.165, 1.54) is 22.3 Å². The van der Waals surface area contributed by atoms with Crippen molar-refractivity contribution >= 4 is 11.0 Å². The zero-order valence-corrected chi connectivity index (χ0v) is 17.3. The fourth-order valence-corrected chi connectivity index (χ4v) is 4.37. The number of fused-ring (bicyclic) bond motifs is 1. The van der Waals surface area contributed by atoms with Crippen molar-refractivity contribution in [3.8, 4) is 22.5 Å². The number of H-pyrrole nitrogens is 1. The second kappa shape index (κ2) is 8.05. The Hall–Kier alpha value is -2.95. The van der Waals surface area contributed by atoms with Gasteiger partial charge in [-0.3, -0.25) is 4.90 Å². The Morgan fingerprint density at radius 3 is 2.37 bits per heavy atom. The number of benzene rings is 3. The van der Waals surface area contributed by atoms with Gasteiger partial charge >= 0.3 is 0 Å². The van der Waals surface area contributed by atoms with Crippen LogP contribution >= 0.6 is 0 Å². The van der Waals surface area contributed by atoms with Crippen LogP contribution in [0.1, 0.15) is 24.0 Å². The highest BCUT2D eigenvalue weighted by atomic mass is 16.3. The first-order valence-corrected chi connectivity index (χ1v) is 10.7. The molecule has 0 bridgehead atoms. The Morgan fingerprint density at radius 1 is 0.967 bits per heavy atom. The van der Waals surface area contributed by atoms with Crippen LogP contribution in [0.4, 0.5) is 0 Å². The first-order chi connectivity index (χ1) is 14.7. The molecule has 4 aromatic rings. The molecule has 5 rings (SSSR count). The van der Waals surface area contributed by atoms with E-state index in [9.17, 15) is 5.11 Å². The molecule has 2 heterocycles. The number of hydrogen-bond acceptors (Lipinski definition) is 3. The molecular formula is C26H27N3O. The van der Waals surface area contributed by atoms with Gasteiger partial charge in [0.15, 0.2) is 0 Å². The van der Waals surface area contributed by atoms with Gasteiger partial charge in [-0.15, -0.1) is 0 Å². The average Bonchev–Trinajstić information content (AvgIpc) is 3.20. The molecule has 0 saturated carbocycles. The van der Waals surface area contributed by atoms with Crippen LogP contribution in [0.2, 0.25) is 0 Å². The summed E-state index contributed by atoms with van der Waals surface area (Å²) in [5, 5.41) is 9.86. The highest BCUT2D eigenvalue weighted by Gasteiger charge is 2.17. The molecule has 1 atom stereocenters. The number of imidazole rings is 1. The molecule has 0 spiro atoms. The van der Waals surface area contributed by atoms with Crippen LogP contribution in [-0.4, -0.2) is 39.2 Å². The highest BCUT2D eigenvalue weighted by molar-refractivity contribution is 5.82. The maximum Gasteiger partial charge on any atom is 0.138 e. The number of piperidine rings is 1. The molecule has 1 aliphatic heterocycles. The molecule has 30 heavy (non-hydrogen) atoms. The minimum Gasteiger partial charge on any atom is -0.392 e. The lowest BCUT2D eigenvalue weighted by Gasteiger charge is -2.30. The Kier molecular flexibility index (Phi) is 5.11. The third-order valence-electron chi connectivity index (χ3n) is 6.05. The Morgan fingerprint density at radius 2 is 1.67 bits per heavy atom. The van der Waals surface area contributed by atoms with Crippen molar-refractivity contribution in [3.05, 3.63) is 77.9 Å². The van der Waals surface area contributed by atoms with Crippen LogP contribution in [0.15, 0.2) is 66.7 Å². The van der Waals surface area contributed by atoms with Crippen molar-refractivity contribution < 1.29 is 5.11 Å². The molecule has 1 unspecified atom stereocenters. The van der Waals surface area contributed by atoms with Crippen molar-refractivity contribution in [1.29, 1.82) is 0 Å². The molecule has 0 amide bonds. The van der Waals surface area contributed by atoms with E-state index < -0.39 is 0 Å². The van der Waals surface area contributed by atoms with Gasteiger partial charge in [-0.2, -0.15) is 0 Å². The molecule has 3 aromatic carbocycles. The van der Waals surface area contributed by atoms with Crippen LogP contribution in [0.25, 0.3) is 33.5 Å². The molecule has 1 aromatic heterocycles. The summed E-state index contributed by atoms with van der Waals surface area (Å²) in [6.07, 6.45) is 1.84. The van der Waals surface area contributed by atoms with Crippen molar-refractivity contribution in [1.82, 2.24) is 14.9 Å². The van der Waals surface area contributed by atoms with E-state index in [0.29, 0.717) is 0 Å². The molecule has 0 radical (unpaired) electrons. The second-order valence-corrected chi connectivity index (χ2v) is 8.36. The molecular weight excluding hydrogens is 370 g/mol. The zero-order chi connectivity index (χ0) is 20.5. The number of para-hydroxylation sites is 1. The van der Waals surface area contributed by atoms with Gasteiger partial charge in [0.25, 0.3) is 0 Å². The standard InChI is InChI=1S/C26H27N3O/c1-18-4-2-6-24-25(18)28-26(27-24)22-13-11-21(12-14-22)20-9-7-19(8-10-20)16-29-15-3-5-23(30)17-29/h2,4,6-14,23,30H,3,5,15-17H2,1H3,(H,27,28). The van der Waals surface area contributed by atoms with Gasteiger partial charge in [-0.05, 0) is 54.6 Å². The van der Waals surface area contributed by atoms with Crippen molar-refractivity contribution in [2.24, 2.45) is 0 Å². The van der Waals surface area contributed by atoms with Crippen LogP contribution in [0.5, 0.6) is 0 Å². The quantitative estimate of drug-likeness (QED) is 0.500. The van der Waals surface area contributed by atoms with Gasteiger partial charge in [0.2, 0.25) is 0 Å². The van der Waals surface area contributed by atoms with Gasteiger partial charge < -0.3 is 10.1 Å². The lowest BCUT2D eigenvalue weighted by atomic mass is 10.0. The van der Waals surface area contributed by atoms with E-state index >= 15 is 0 Å². The number of aryl methyl sites for hydroxylation is 1. The third kappa shape index (κ3) is 3.89. The number of aromatic nitrogens is 2. The number of β-amino-alcohol motifs (C(OH)–C–C–N with tert-alkyl or cyclic N) is 1. The Labute approximate surface area is 177 Å². The van der Waals surface area contributed by atoms with E-state index in [-0.39, 0.29) is 6.10 Å². The summed E-state index contributed by atoms with van der Waals surface area (Å²) in [6.45, 7) is 4.85. The van der Waals surface area contributed by atoms with Gasteiger partial charge in [0.1, 0.15) is 5.82 Å². The predicted octanol–water partition coefficient (Wildman–Crippen LogP) is 5.16. The Balaban J connectivity index is 1.31. The van der Waals surface area contributed by atoms with Gasteiger partial charge in [0.05, 0.1) is 17.1 Å². The average molecular weight is 398 g/mol. The van der Waals surface area contributed by atoms with Gasteiger partial charge in [0, 0.05) is 18.7 Å². The molecule has 1 fully saturated rings. The summed E-state index contributed by atoms with van der Waals surface area (Å²) >= 11 is 0. The SMILES string of the molecule is Cc1cccc2[nH]c(-c3ccc(-c4ccc(CN5CCCC(O)C5)cc4)cc3)nc12. The lowest BCUT2D eigenvalue weighted by Crippen LogP contribution is -2.37. The summed E-state index contributed by atoms with van der Waals surface area (Å²) in [5.41, 5.74) is 8.09. The Bertz CT molecular complexity index is 1150. The molecule has 1 aliphatic rings. The van der Waals surface area contributed by atoms with E-state index in [2.05, 4.69) is 83.5 Å². The number of likely N-dealkylation sites (tertiary alicyclic amines) is 1. The number of hydrogen-bond donors (Lipinski definition) is 2. The van der Waals surface area contributed by atoms with Crippen LogP contribution < -0.4 is 0 Å². The minimum atomic E-state index is -0.174. The summed E-state index contributed by atoms with van der Waals surface area (Å²) in [6, 6.07) is 23.6. The maximum atomic E-state index is 9.86. The highest BCUT2D eigenvalue weighted by Crippen LogP contribution is 2.26. The van der Waals surface area contributed by atoms with E-state index in [0.717, 1.165) is 54.9 Å². The molecule has 4 nitrogen and oxygen atoms in total. The van der Waals surface area contributed by atoms with Gasteiger partial charge in [-0.25, -0.2) is 4.98 Å². The first-order valence-electron chi connectivity index (χ1n) is 10.7. The van der Waals surface area contributed by atoms with Crippen LogP contribution in [0.3, 0.4) is 0 Å². The number of aliphatic hydroxyl groups is 1. The number of nitrogens with one attached hydrogen (secondary N) is 1. The zero-order valence-electron chi connectivity index (χ0n) is 17.3. The summed E-state index contributed by atoms with van der Waals surface area (Å²) < 4.78 is 0. The number of aromatic amines is 1. The van der Waals surface area contributed by atoms with Crippen LogP contribution in [0, 0.1) is 6.92 Å². The normalized spacial score (nSPS) is 17.5. The van der Waals surface area contributed by atoms with E-state index in [1.807, 2.05) is 0 Å². The fraction of sp³-hybridized carbons (Fsp3) is 0.269. The first kappa shape index (κ1) is 19.0. The topological polar surface area (TPSA) is 52.2 Å². The predicted molar refractivity (Wildman–Crippen MR) is 122 cm³/mol. The molecule has 152 valence electrons. The van der Waals surface area contributed by atoms with Crippen molar-refractivity contribution in [2.75, 3.05) is 13.1 Å². The second-order valence-electron chi connectivity index (χ2n) is 8.36. The maximum absolute atomic E-state index is 9.86. The molecule has 1 saturated heterocycles. The van der Waals surface area contributed by atoms with Crippen LogP contribution in [-0.2, 0) is 6.54 Å². The van der Waals surface area contributed by atoms with E-state index in [4.69, 9.17) is 4.98 Å². The largest absolute Gasteiger partial charge is 0.392 e. The summed E-state index contributed by atoms with van der Waals surface area (Å²) in [7, 11) is 0. The summed E-state index contributed by atoms with van der Waals surface area (Å²) in [4.78, 5) is 10.5. The smallest absolute Gasteiger partial charge is 0.138 e. The molecule has 2 N–H and O–H groups in total. The van der Waals surface area contributed by atoms with Crippen molar-refractivity contribution in [2.45, 2.75) is 32.4 Å². The minimum absolute atomic E-state index is 0.174. The van der Waals surface area contributed by atoms with Gasteiger partial charge in [-0.1, -0.05) is 60.7 Å². The fourth-order valence-electron chi connectivity index (χ4n) is 4.37. The number of rotatable bonds is 4. The third-order valence-corrected chi connectivity index (χ3v) is 6.05.